The molecular formula is C20H19N7O. The number of hydrogen-bond acceptors (Lipinski definition) is 6. The molecule has 8 nitrogen and oxygen atoms in total. The molecule has 0 spiro atoms. The average molecular weight is 373 g/mol. The molecule has 4 aromatic rings. The van der Waals surface area contributed by atoms with E-state index in [1.165, 1.54) is 0 Å². The van der Waals surface area contributed by atoms with Gasteiger partial charge >= 0.3 is 0 Å². The number of aromatic nitrogens is 6. The van der Waals surface area contributed by atoms with Crippen molar-refractivity contribution in [1.82, 2.24) is 29.4 Å². The van der Waals surface area contributed by atoms with Crippen LogP contribution >= 0.6 is 0 Å². The van der Waals surface area contributed by atoms with Gasteiger partial charge in [0.2, 0.25) is 0 Å². The van der Waals surface area contributed by atoms with Crippen LogP contribution in [0.25, 0.3) is 16.8 Å². The Balaban J connectivity index is 1.47. The maximum absolute atomic E-state index is 12.4. The van der Waals surface area contributed by atoms with Gasteiger partial charge in [-0.15, -0.1) is 0 Å². The van der Waals surface area contributed by atoms with Crippen LogP contribution in [0.1, 0.15) is 12.8 Å². The summed E-state index contributed by atoms with van der Waals surface area (Å²) >= 11 is 0. The van der Waals surface area contributed by atoms with Gasteiger partial charge in [-0.3, -0.25) is 9.78 Å². The normalized spacial score (nSPS) is 16.7. The predicted molar refractivity (Wildman–Crippen MR) is 105 cm³/mol. The van der Waals surface area contributed by atoms with Crippen LogP contribution in [0.3, 0.4) is 0 Å². The van der Waals surface area contributed by atoms with Crippen LogP contribution in [0.5, 0.6) is 0 Å². The Morgan fingerprint density at radius 3 is 2.82 bits per heavy atom. The zero-order chi connectivity index (χ0) is 18.9. The molecule has 1 unspecified atom stereocenters. The molecule has 0 saturated carbocycles. The fourth-order valence-corrected chi connectivity index (χ4v) is 3.82. The Morgan fingerprint density at radius 1 is 1.04 bits per heavy atom. The quantitative estimate of drug-likeness (QED) is 0.544. The van der Waals surface area contributed by atoms with Crippen molar-refractivity contribution >= 4 is 11.3 Å². The molecule has 0 N–H and O–H groups in total. The van der Waals surface area contributed by atoms with Crippen molar-refractivity contribution in [2.45, 2.75) is 25.4 Å². The Bertz CT molecular complexity index is 1170. The average Bonchev–Trinajstić information content (AvgIpc) is 3.39. The highest BCUT2D eigenvalue weighted by molar-refractivity contribution is 5.69. The maximum atomic E-state index is 12.4. The molecule has 4 aromatic heterocycles. The predicted octanol–water partition coefficient (Wildman–Crippen LogP) is 2.02. The summed E-state index contributed by atoms with van der Waals surface area (Å²) in [5.74, 6) is 0.904. The lowest BCUT2D eigenvalue weighted by atomic mass is 10.2. The zero-order valence-electron chi connectivity index (χ0n) is 15.2. The highest BCUT2D eigenvalue weighted by Crippen LogP contribution is 2.28. The third-order valence-corrected chi connectivity index (χ3v) is 5.18. The van der Waals surface area contributed by atoms with Gasteiger partial charge in [0.05, 0.1) is 24.5 Å². The summed E-state index contributed by atoms with van der Waals surface area (Å²) in [5.41, 5.74) is 2.58. The lowest BCUT2D eigenvalue weighted by Crippen LogP contribution is -2.37. The standard InChI is InChI=1S/C20H19N7O/c28-19-4-3-17(15-5-8-21-9-6-15)24-27(19)14-16-2-1-12-25(16)20-18-7-10-23-26(18)13-11-22-20/h3-11,13,16H,1-2,12,14H2. The molecule has 1 saturated heterocycles. The molecule has 1 atom stereocenters. The fraction of sp³-hybridized carbons (Fsp3) is 0.250. The van der Waals surface area contributed by atoms with E-state index in [0.29, 0.717) is 6.54 Å². The third-order valence-electron chi connectivity index (χ3n) is 5.18. The molecule has 5 rings (SSSR count). The highest BCUT2D eigenvalue weighted by Gasteiger charge is 2.28. The van der Waals surface area contributed by atoms with E-state index in [-0.39, 0.29) is 11.6 Å². The molecule has 8 heteroatoms. The summed E-state index contributed by atoms with van der Waals surface area (Å²) < 4.78 is 3.39. The van der Waals surface area contributed by atoms with Crippen LogP contribution in [0.15, 0.2) is 66.1 Å². The van der Waals surface area contributed by atoms with E-state index in [9.17, 15) is 4.79 Å². The van der Waals surface area contributed by atoms with E-state index in [1.54, 1.807) is 41.6 Å². The van der Waals surface area contributed by atoms with Gasteiger partial charge in [-0.05, 0) is 37.1 Å². The van der Waals surface area contributed by atoms with Gasteiger partial charge in [-0.25, -0.2) is 14.2 Å². The summed E-state index contributed by atoms with van der Waals surface area (Å²) in [7, 11) is 0. The van der Waals surface area contributed by atoms with Crippen molar-refractivity contribution in [1.29, 1.82) is 0 Å². The molecule has 5 heterocycles. The van der Waals surface area contributed by atoms with Crippen LogP contribution in [0.2, 0.25) is 0 Å². The van der Waals surface area contributed by atoms with Crippen LogP contribution < -0.4 is 10.5 Å². The van der Waals surface area contributed by atoms with E-state index in [4.69, 9.17) is 0 Å². The first kappa shape index (κ1) is 16.6. The van der Waals surface area contributed by atoms with Gasteiger partial charge in [0, 0.05) is 43.0 Å². The van der Waals surface area contributed by atoms with E-state index in [1.807, 2.05) is 28.9 Å². The first-order valence-corrected chi connectivity index (χ1v) is 9.33. The molecule has 0 radical (unpaired) electrons. The van der Waals surface area contributed by atoms with E-state index >= 15 is 0 Å². The van der Waals surface area contributed by atoms with E-state index in [0.717, 1.165) is 42.0 Å². The number of pyridine rings is 1. The van der Waals surface area contributed by atoms with Gasteiger partial charge in [-0.1, -0.05) is 0 Å². The van der Waals surface area contributed by atoms with Crippen molar-refractivity contribution in [3.05, 3.63) is 71.7 Å². The van der Waals surface area contributed by atoms with E-state index in [2.05, 4.69) is 25.1 Å². The van der Waals surface area contributed by atoms with Gasteiger partial charge in [0.25, 0.3) is 5.56 Å². The Labute approximate surface area is 161 Å². The molecule has 1 fully saturated rings. The van der Waals surface area contributed by atoms with Gasteiger partial charge in [0.1, 0.15) is 5.52 Å². The van der Waals surface area contributed by atoms with Crippen molar-refractivity contribution in [2.75, 3.05) is 11.4 Å². The number of hydrogen-bond donors (Lipinski definition) is 0. The summed E-state index contributed by atoms with van der Waals surface area (Å²) in [4.78, 5) is 23.3. The minimum Gasteiger partial charge on any atom is -0.350 e. The largest absolute Gasteiger partial charge is 0.350 e. The highest BCUT2D eigenvalue weighted by atomic mass is 16.1. The Hall–Kier alpha value is -3.55. The second-order valence-corrected chi connectivity index (χ2v) is 6.88. The molecule has 140 valence electrons. The van der Waals surface area contributed by atoms with Crippen molar-refractivity contribution in [2.24, 2.45) is 0 Å². The molecule has 1 aliphatic heterocycles. The molecule has 1 aliphatic rings. The summed E-state index contributed by atoms with van der Waals surface area (Å²) in [6.07, 6.45) is 10.9. The summed E-state index contributed by atoms with van der Waals surface area (Å²) in [5, 5.41) is 8.89. The lowest BCUT2D eigenvalue weighted by molar-refractivity contribution is 0.489. The SMILES string of the molecule is O=c1ccc(-c2ccncc2)nn1CC1CCCN1c1nccn2nccc12. The number of fused-ring (bicyclic) bond motifs is 1. The Morgan fingerprint density at radius 2 is 1.93 bits per heavy atom. The van der Waals surface area contributed by atoms with Crippen LogP contribution in [-0.2, 0) is 6.54 Å². The number of nitrogens with zero attached hydrogens (tertiary/aromatic N) is 7. The number of rotatable bonds is 4. The molecule has 0 aliphatic carbocycles. The molecule has 0 aromatic carbocycles. The van der Waals surface area contributed by atoms with Crippen molar-refractivity contribution in [3.63, 3.8) is 0 Å². The molecule has 0 amide bonds. The molecule has 28 heavy (non-hydrogen) atoms. The summed E-state index contributed by atoms with van der Waals surface area (Å²) in [6, 6.07) is 9.25. The minimum absolute atomic E-state index is 0.0971. The molecular weight excluding hydrogens is 354 g/mol. The summed E-state index contributed by atoms with van der Waals surface area (Å²) in [6.45, 7) is 1.43. The van der Waals surface area contributed by atoms with Crippen LogP contribution in [-0.4, -0.2) is 41.9 Å². The number of anilines is 1. The van der Waals surface area contributed by atoms with Crippen molar-refractivity contribution in [3.8, 4) is 11.3 Å². The van der Waals surface area contributed by atoms with Crippen LogP contribution in [0.4, 0.5) is 5.82 Å². The van der Waals surface area contributed by atoms with Gasteiger partial charge in [-0.2, -0.15) is 10.2 Å². The topological polar surface area (TPSA) is 81.2 Å². The Kier molecular flexibility index (Phi) is 4.08. The lowest BCUT2D eigenvalue weighted by Gasteiger charge is -2.26. The zero-order valence-corrected chi connectivity index (χ0v) is 15.2. The first-order valence-electron chi connectivity index (χ1n) is 9.33. The van der Waals surface area contributed by atoms with E-state index < -0.39 is 0 Å². The van der Waals surface area contributed by atoms with Gasteiger partial charge < -0.3 is 4.90 Å². The van der Waals surface area contributed by atoms with Crippen molar-refractivity contribution < 1.29 is 0 Å². The maximum Gasteiger partial charge on any atom is 0.266 e. The smallest absolute Gasteiger partial charge is 0.266 e. The van der Waals surface area contributed by atoms with Crippen LogP contribution in [0, 0.1) is 0 Å². The first-order chi connectivity index (χ1) is 13.8. The minimum atomic E-state index is -0.0971. The second-order valence-electron chi connectivity index (χ2n) is 6.88. The monoisotopic (exact) mass is 373 g/mol. The third kappa shape index (κ3) is 2.92. The second kappa shape index (κ2) is 6.88. The fourth-order valence-electron chi connectivity index (χ4n) is 3.82. The van der Waals surface area contributed by atoms with Gasteiger partial charge in [0.15, 0.2) is 5.82 Å². The molecule has 0 bridgehead atoms.